The number of ether oxygens (including phenoxy) is 4. The zero-order valence-corrected chi connectivity index (χ0v) is 19.6. The molecule has 1 aliphatic carbocycles. The van der Waals surface area contributed by atoms with Crippen LogP contribution in [0.2, 0.25) is 0 Å². The molecule has 7 heteroatoms. The van der Waals surface area contributed by atoms with Gasteiger partial charge in [-0.2, -0.15) is 0 Å². The lowest BCUT2D eigenvalue weighted by molar-refractivity contribution is 0.0398. The van der Waals surface area contributed by atoms with Crippen LogP contribution in [-0.2, 0) is 17.7 Å². The average molecular weight is 442 g/mol. The van der Waals surface area contributed by atoms with E-state index in [0.717, 1.165) is 43.9 Å². The number of methoxy groups -OCH3 is 3. The average Bonchev–Trinajstić information content (AvgIpc) is 2.84. The third-order valence-electron chi connectivity index (χ3n) is 5.66. The van der Waals surface area contributed by atoms with Crippen LogP contribution in [0.3, 0.4) is 0 Å². The summed E-state index contributed by atoms with van der Waals surface area (Å²) in [5.41, 5.74) is 3.79. The first-order valence-electron chi connectivity index (χ1n) is 11.1. The quantitative estimate of drug-likeness (QED) is 0.331. The molecule has 2 aromatic rings. The Morgan fingerprint density at radius 2 is 1.78 bits per heavy atom. The van der Waals surface area contributed by atoms with Crippen LogP contribution in [0.15, 0.2) is 41.4 Å². The van der Waals surface area contributed by atoms with E-state index in [4.69, 9.17) is 18.9 Å². The molecule has 0 radical (unpaired) electrons. The van der Waals surface area contributed by atoms with Gasteiger partial charge in [-0.25, -0.2) is 0 Å². The second-order valence-electron chi connectivity index (χ2n) is 7.69. The van der Waals surface area contributed by atoms with E-state index < -0.39 is 0 Å². The lowest BCUT2D eigenvalue weighted by Crippen LogP contribution is -2.37. The Morgan fingerprint density at radius 1 is 1.03 bits per heavy atom. The van der Waals surface area contributed by atoms with E-state index in [1.165, 1.54) is 17.5 Å². The fourth-order valence-electron chi connectivity index (χ4n) is 4.03. The molecule has 1 atom stereocenters. The lowest BCUT2D eigenvalue weighted by atomic mass is 9.89. The summed E-state index contributed by atoms with van der Waals surface area (Å²) in [7, 11) is 6.59. The predicted octanol–water partition coefficient (Wildman–Crippen LogP) is 3.86. The number of aliphatic imine (C=N–C) groups is 1. The van der Waals surface area contributed by atoms with E-state index in [-0.39, 0.29) is 6.10 Å². The molecule has 2 aromatic carbocycles. The zero-order chi connectivity index (χ0) is 22.8. The molecule has 1 aliphatic rings. The van der Waals surface area contributed by atoms with Crippen LogP contribution in [0.25, 0.3) is 0 Å². The molecule has 0 saturated heterocycles. The van der Waals surface area contributed by atoms with Gasteiger partial charge in [-0.3, -0.25) is 4.99 Å². The van der Waals surface area contributed by atoms with Crippen LogP contribution >= 0.6 is 0 Å². The Hall–Kier alpha value is -2.93. The van der Waals surface area contributed by atoms with Crippen LogP contribution in [0, 0.1) is 0 Å². The minimum atomic E-state index is 0.220. The van der Waals surface area contributed by atoms with Gasteiger partial charge in [-0.1, -0.05) is 24.3 Å². The van der Waals surface area contributed by atoms with E-state index in [0.29, 0.717) is 23.8 Å². The SMILES string of the molecule is CN=C(NCCCOC1CCCc2ccccc21)NCc1cc(OC)c(OC)c(OC)c1. The summed E-state index contributed by atoms with van der Waals surface area (Å²) in [6.07, 6.45) is 4.58. The van der Waals surface area contributed by atoms with Gasteiger partial charge in [0.1, 0.15) is 0 Å². The second-order valence-corrected chi connectivity index (χ2v) is 7.69. The van der Waals surface area contributed by atoms with Gasteiger partial charge < -0.3 is 29.6 Å². The summed E-state index contributed by atoms with van der Waals surface area (Å²) in [6.45, 7) is 2.07. The summed E-state index contributed by atoms with van der Waals surface area (Å²) in [6, 6.07) is 12.5. The van der Waals surface area contributed by atoms with Crippen molar-refractivity contribution in [3.63, 3.8) is 0 Å². The largest absolute Gasteiger partial charge is 0.493 e. The van der Waals surface area contributed by atoms with Crippen molar-refractivity contribution in [2.45, 2.75) is 38.3 Å². The Kier molecular flexibility index (Phi) is 9.04. The van der Waals surface area contributed by atoms with Gasteiger partial charge in [0.15, 0.2) is 17.5 Å². The third kappa shape index (κ3) is 6.07. The molecule has 0 aromatic heterocycles. The van der Waals surface area contributed by atoms with Crippen LogP contribution in [0.4, 0.5) is 0 Å². The van der Waals surface area contributed by atoms with Crippen LogP contribution in [0.1, 0.15) is 42.1 Å². The number of rotatable bonds is 10. The Balaban J connectivity index is 1.43. The minimum Gasteiger partial charge on any atom is -0.493 e. The molecular formula is C25H35N3O4. The number of hydrogen-bond acceptors (Lipinski definition) is 5. The van der Waals surface area contributed by atoms with Crippen molar-refractivity contribution in [3.05, 3.63) is 53.1 Å². The number of fused-ring (bicyclic) bond motifs is 1. The topological polar surface area (TPSA) is 73.3 Å². The van der Waals surface area contributed by atoms with Crippen molar-refractivity contribution in [1.29, 1.82) is 0 Å². The summed E-state index contributed by atoms with van der Waals surface area (Å²) in [4.78, 5) is 4.31. The van der Waals surface area contributed by atoms with Crippen LogP contribution < -0.4 is 24.8 Å². The van der Waals surface area contributed by atoms with Gasteiger partial charge >= 0.3 is 0 Å². The maximum Gasteiger partial charge on any atom is 0.203 e. The van der Waals surface area contributed by atoms with E-state index >= 15 is 0 Å². The summed E-state index contributed by atoms with van der Waals surface area (Å²) < 4.78 is 22.4. The van der Waals surface area contributed by atoms with Crippen LogP contribution in [-0.4, -0.2) is 47.5 Å². The van der Waals surface area contributed by atoms with Gasteiger partial charge in [0.25, 0.3) is 0 Å². The van der Waals surface area contributed by atoms with Crippen molar-refractivity contribution >= 4 is 5.96 Å². The van der Waals surface area contributed by atoms with E-state index in [1.54, 1.807) is 28.4 Å². The van der Waals surface area contributed by atoms with Crippen molar-refractivity contribution < 1.29 is 18.9 Å². The molecule has 0 spiro atoms. The number of aryl methyl sites for hydroxylation is 1. The molecule has 2 N–H and O–H groups in total. The highest BCUT2D eigenvalue weighted by molar-refractivity contribution is 5.79. The molecule has 0 bridgehead atoms. The second kappa shape index (κ2) is 12.2. The molecule has 3 rings (SSSR count). The van der Waals surface area contributed by atoms with Crippen molar-refractivity contribution in [2.75, 3.05) is 41.5 Å². The fraction of sp³-hybridized carbons (Fsp3) is 0.480. The van der Waals surface area contributed by atoms with Gasteiger partial charge in [0, 0.05) is 26.7 Å². The molecule has 1 unspecified atom stereocenters. The molecule has 174 valence electrons. The van der Waals surface area contributed by atoms with Gasteiger partial charge in [-0.05, 0) is 54.5 Å². The van der Waals surface area contributed by atoms with Gasteiger partial charge in [-0.15, -0.1) is 0 Å². The number of benzene rings is 2. The monoisotopic (exact) mass is 441 g/mol. The summed E-state index contributed by atoms with van der Waals surface area (Å²) >= 11 is 0. The third-order valence-corrected chi connectivity index (χ3v) is 5.66. The number of hydrogen-bond donors (Lipinski definition) is 2. The molecule has 0 saturated carbocycles. The summed E-state index contributed by atoms with van der Waals surface area (Å²) in [5.74, 6) is 2.59. The first-order valence-corrected chi connectivity index (χ1v) is 11.1. The normalized spacial score (nSPS) is 15.6. The fourth-order valence-corrected chi connectivity index (χ4v) is 4.03. The van der Waals surface area contributed by atoms with Crippen molar-refractivity contribution in [3.8, 4) is 17.2 Å². The molecule has 32 heavy (non-hydrogen) atoms. The highest BCUT2D eigenvalue weighted by Gasteiger charge is 2.19. The molecule has 0 aliphatic heterocycles. The predicted molar refractivity (Wildman–Crippen MR) is 127 cm³/mol. The van der Waals surface area contributed by atoms with Crippen molar-refractivity contribution in [2.24, 2.45) is 4.99 Å². The first kappa shape index (κ1) is 23.7. The zero-order valence-electron chi connectivity index (χ0n) is 19.6. The minimum absolute atomic E-state index is 0.220. The summed E-state index contributed by atoms with van der Waals surface area (Å²) in [5, 5.41) is 6.67. The van der Waals surface area contributed by atoms with Gasteiger partial charge in [0.05, 0.1) is 27.4 Å². The van der Waals surface area contributed by atoms with E-state index in [1.807, 2.05) is 12.1 Å². The van der Waals surface area contributed by atoms with Gasteiger partial charge in [0.2, 0.25) is 5.75 Å². The molecule has 0 fully saturated rings. The molecule has 0 heterocycles. The number of nitrogens with zero attached hydrogens (tertiary/aromatic N) is 1. The van der Waals surface area contributed by atoms with E-state index in [2.05, 4.69) is 39.9 Å². The molecular weight excluding hydrogens is 406 g/mol. The smallest absolute Gasteiger partial charge is 0.203 e. The Morgan fingerprint density at radius 3 is 2.47 bits per heavy atom. The number of guanidine groups is 1. The van der Waals surface area contributed by atoms with Crippen LogP contribution in [0.5, 0.6) is 17.2 Å². The Labute approximate surface area is 191 Å². The number of nitrogens with one attached hydrogen (secondary N) is 2. The highest BCUT2D eigenvalue weighted by Crippen LogP contribution is 2.38. The maximum absolute atomic E-state index is 6.19. The highest BCUT2D eigenvalue weighted by atomic mass is 16.5. The first-order chi connectivity index (χ1) is 15.7. The molecule has 0 amide bonds. The van der Waals surface area contributed by atoms with Crippen molar-refractivity contribution in [1.82, 2.24) is 10.6 Å². The molecule has 7 nitrogen and oxygen atoms in total. The standard InChI is InChI=1S/C25H35N3O4/c1-26-25(28-17-18-15-22(29-2)24(31-4)23(16-18)30-3)27-13-8-14-32-21-12-7-10-19-9-5-6-11-20(19)21/h5-6,9,11,15-16,21H,7-8,10,12-14,17H2,1-4H3,(H2,26,27,28). The Bertz CT molecular complexity index is 876. The lowest BCUT2D eigenvalue weighted by Gasteiger charge is -2.25. The van der Waals surface area contributed by atoms with E-state index in [9.17, 15) is 0 Å². The maximum atomic E-state index is 6.19.